The van der Waals surface area contributed by atoms with Gasteiger partial charge in [0.25, 0.3) is 5.91 Å². The van der Waals surface area contributed by atoms with E-state index in [-0.39, 0.29) is 23.3 Å². The minimum atomic E-state index is -0.381. The van der Waals surface area contributed by atoms with Gasteiger partial charge in [0.1, 0.15) is 6.10 Å². The number of rotatable bonds is 5. The highest BCUT2D eigenvalue weighted by molar-refractivity contribution is 5.80. The smallest absolute Gasteiger partial charge is 0.251 e. The Labute approximate surface area is 161 Å². The quantitative estimate of drug-likeness (QED) is 0.787. The number of aromatic nitrogens is 2. The van der Waals surface area contributed by atoms with Crippen molar-refractivity contribution in [2.45, 2.75) is 59.1 Å². The van der Waals surface area contributed by atoms with Crippen molar-refractivity contribution in [1.82, 2.24) is 19.8 Å². The maximum absolute atomic E-state index is 12.5. The molecule has 3 rings (SSSR count). The summed E-state index contributed by atoms with van der Waals surface area (Å²) in [5.41, 5.74) is 1.81. The van der Waals surface area contributed by atoms with Crippen LogP contribution in [0.4, 0.5) is 0 Å². The molecule has 1 spiro atoms. The van der Waals surface area contributed by atoms with Gasteiger partial charge in [-0.1, -0.05) is 0 Å². The molecule has 7 nitrogen and oxygen atoms in total. The van der Waals surface area contributed by atoms with Crippen LogP contribution >= 0.6 is 0 Å². The van der Waals surface area contributed by atoms with Crippen LogP contribution in [-0.2, 0) is 20.9 Å². The first-order valence-corrected chi connectivity index (χ1v) is 9.88. The minimum Gasteiger partial charge on any atom is -0.369 e. The molecule has 0 unspecified atom stereocenters. The van der Waals surface area contributed by atoms with Crippen molar-refractivity contribution in [2.24, 2.45) is 5.41 Å². The molecule has 2 aliphatic rings. The first-order valence-electron chi connectivity index (χ1n) is 9.88. The van der Waals surface area contributed by atoms with E-state index in [1.807, 2.05) is 30.6 Å². The average molecular weight is 374 g/mol. The number of aryl methyl sites for hydroxylation is 1. The fourth-order valence-corrected chi connectivity index (χ4v) is 4.13. The van der Waals surface area contributed by atoms with Crippen LogP contribution in [0.1, 0.15) is 50.9 Å². The molecule has 0 aromatic carbocycles. The number of piperidine rings is 2. The molecule has 1 atom stereocenters. The predicted molar refractivity (Wildman–Crippen MR) is 101 cm³/mol. The normalized spacial score (nSPS) is 20.8. The first-order chi connectivity index (χ1) is 12.9. The summed E-state index contributed by atoms with van der Waals surface area (Å²) in [6.45, 7) is 8.90. The van der Waals surface area contributed by atoms with Crippen LogP contribution in [-0.4, -0.2) is 63.9 Å². The molecule has 0 radical (unpaired) electrons. The SMILES string of the molecule is CCO[C@H](C)C(=O)N1CCC2(CCC(=O)N(Cc3cnc(C)cn3)C2)CC1. The largest absolute Gasteiger partial charge is 0.369 e. The zero-order valence-electron chi connectivity index (χ0n) is 16.6. The Hall–Kier alpha value is -2.02. The van der Waals surface area contributed by atoms with Crippen molar-refractivity contribution in [1.29, 1.82) is 0 Å². The summed E-state index contributed by atoms with van der Waals surface area (Å²) < 4.78 is 5.44. The lowest BCUT2D eigenvalue weighted by Gasteiger charge is -2.47. The topological polar surface area (TPSA) is 75.6 Å². The van der Waals surface area contributed by atoms with Gasteiger partial charge in [-0.05, 0) is 45.4 Å². The number of likely N-dealkylation sites (tertiary alicyclic amines) is 2. The van der Waals surface area contributed by atoms with Crippen molar-refractivity contribution in [2.75, 3.05) is 26.2 Å². The molecule has 0 N–H and O–H groups in total. The van der Waals surface area contributed by atoms with Gasteiger partial charge >= 0.3 is 0 Å². The highest BCUT2D eigenvalue weighted by atomic mass is 16.5. The molecule has 27 heavy (non-hydrogen) atoms. The maximum Gasteiger partial charge on any atom is 0.251 e. The second-order valence-corrected chi connectivity index (χ2v) is 7.82. The van der Waals surface area contributed by atoms with Gasteiger partial charge in [0.15, 0.2) is 0 Å². The van der Waals surface area contributed by atoms with E-state index < -0.39 is 0 Å². The molecule has 2 aliphatic heterocycles. The summed E-state index contributed by atoms with van der Waals surface area (Å²) in [5.74, 6) is 0.261. The van der Waals surface area contributed by atoms with Crippen LogP contribution < -0.4 is 0 Å². The van der Waals surface area contributed by atoms with Crippen molar-refractivity contribution < 1.29 is 14.3 Å². The third-order valence-corrected chi connectivity index (χ3v) is 5.84. The molecule has 2 saturated heterocycles. The summed E-state index contributed by atoms with van der Waals surface area (Å²) in [4.78, 5) is 37.4. The highest BCUT2D eigenvalue weighted by Gasteiger charge is 2.42. The monoisotopic (exact) mass is 374 g/mol. The van der Waals surface area contributed by atoms with Gasteiger partial charge in [-0.25, -0.2) is 0 Å². The van der Waals surface area contributed by atoms with Crippen LogP contribution in [0.3, 0.4) is 0 Å². The van der Waals surface area contributed by atoms with Gasteiger partial charge in [-0.2, -0.15) is 0 Å². The molecule has 2 amide bonds. The lowest BCUT2D eigenvalue weighted by molar-refractivity contribution is -0.148. The van der Waals surface area contributed by atoms with E-state index in [2.05, 4.69) is 9.97 Å². The molecule has 148 valence electrons. The molecule has 0 bridgehead atoms. The average Bonchev–Trinajstić information content (AvgIpc) is 2.67. The highest BCUT2D eigenvalue weighted by Crippen LogP contribution is 2.40. The fraction of sp³-hybridized carbons (Fsp3) is 0.700. The summed E-state index contributed by atoms with van der Waals surface area (Å²) in [6, 6.07) is 0. The van der Waals surface area contributed by atoms with E-state index in [1.54, 1.807) is 12.4 Å². The third kappa shape index (κ3) is 4.64. The van der Waals surface area contributed by atoms with Crippen LogP contribution in [0.15, 0.2) is 12.4 Å². The van der Waals surface area contributed by atoms with Crippen LogP contribution in [0.25, 0.3) is 0 Å². The Balaban J connectivity index is 1.60. The van der Waals surface area contributed by atoms with Gasteiger partial charge < -0.3 is 14.5 Å². The third-order valence-electron chi connectivity index (χ3n) is 5.84. The van der Waals surface area contributed by atoms with Crippen LogP contribution in [0, 0.1) is 12.3 Å². The second kappa shape index (κ2) is 8.33. The molecular formula is C20H30N4O3. The van der Waals surface area contributed by atoms with Gasteiger partial charge in [0, 0.05) is 38.9 Å². The van der Waals surface area contributed by atoms with Crippen molar-refractivity contribution >= 4 is 11.8 Å². The maximum atomic E-state index is 12.5. The first kappa shape index (κ1) is 19.7. The molecule has 7 heteroatoms. The zero-order valence-corrected chi connectivity index (χ0v) is 16.6. The van der Waals surface area contributed by atoms with E-state index >= 15 is 0 Å². The lowest BCUT2D eigenvalue weighted by atomic mass is 9.72. The standard InChI is InChI=1S/C20H30N4O3/c1-4-27-16(3)19(26)23-9-7-20(8-10-23)6-5-18(25)24(14-20)13-17-12-21-15(2)11-22-17/h11-12,16H,4-10,13-14H2,1-3H3/t16-/m1/s1. The van der Waals surface area contributed by atoms with Gasteiger partial charge in [-0.15, -0.1) is 0 Å². The number of ether oxygens (including phenoxy) is 1. The van der Waals surface area contributed by atoms with Crippen molar-refractivity contribution in [3.63, 3.8) is 0 Å². The van der Waals surface area contributed by atoms with E-state index in [4.69, 9.17) is 4.74 Å². The number of hydrogen-bond acceptors (Lipinski definition) is 5. The molecule has 2 fully saturated rings. The molecule has 0 saturated carbocycles. The Bertz CT molecular complexity index is 668. The lowest BCUT2D eigenvalue weighted by Crippen LogP contribution is -2.53. The molecule has 1 aromatic heterocycles. The Kier molecular flexibility index (Phi) is 6.09. The Morgan fingerprint density at radius 3 is 2.63 bits per heavy atom. The zero-order chi connectivity index (χ0) is 19.4. The summed E-state index contributed by atoms with van der Waals surface area (Å²) in [7, 11) is 0. The predicted octanol–water partition coefficient (Wildman–Crippen LogP) is 1.94. The molecule has 1 aromatic rings. The van der Waals surface area contributed by atoms with Crippen LogP contribution in [0.5, 0.6) is 0 Å². The fourth-order valence-electron chi connectivity index (χ4n) is 4.13. The molecular weight excluding hydrogens is 344 g/mol. The van der Waals surface area contributed by atoms with Gasteiger partial charge in [-0.3, -0.25) is 19.6 Å². The van der Waals surface area contributed by atoms with Gasteiger partial charge in [0.05, 0.1) is 24.1 Å². The number of hydrogen-bond donors (Lipinski definition) is 0. The summed E-state index contributed by atoms with van der Waals surface area (Å²) in [6.07, 6.45) is 6.45. The van der Waals surface area contributed by atoms with E-state index in [0.717, 1.165) is 50.3 Å². The van der Waals surface area contributed by atoms with Crippen molar-refractivity contribution in [3.8, 4) is 0 Å². The van der Waals surface area contributed by atoms with Gasteiger partial charge in [0.2, 0.25) is 5.91 Å². The number of nitrogens with zero attached hydrogens (tertiary/aromatic N) is 4. The van der Waals surface area contributed by atoms with Crippen molar-refractivity contribution in [3.05, 3.63) is 23.8 Å². The number of carbonyl (C=O) groups excluding carboxylic acids is 2. The second-order valence-electron chi connectivity index (χ2n) is 7.82. The molecule has 3 heterocycles. The van der Waals surface area contributed by atoms with E-state index in [9.17, 15) is 9.59 Å². The number of carbonyl (C=O) groups is 2. The Morgan fingerprint density at radius 1 is 1.26 bits per heavy atom. The van der Waals surface area contributed by atoms with E-state index in [0.29, 0.717) is 19.6 Å². The molecule has 0 aliphatic carbocycles. The summed E-state index contributed by atoms with van der Waals surface area (Å²) in [5, 5.41) is 0. The Morgan fingerprint density at radius 2 is 2.00 bits per heavy atom. The summed E-state index contributed by atoms with van der Waals surface area (Å²) >= 11 is 0. The minimum absolute atomic E-state index is 0.0744. The number of amides is 2. The van der Waals surface area contributed by atoms with Crippen LogP contribution in [0.2, 0.25) is 0 Å². The van der Waals surface area contributed by atoms with E-state index in [1.165, 1.54) is 0 Å².